The number of anilines is 2. The quantitative estimate of drug-likeness (QED) is 0.893. The highest BCUT2D eigenvalue weighted by Gasteiger charge is 2.20. The second-order valence-corrected chi connectivity index (χ2v) is 6.19. The lowest BCUT2D eigenvalue weighted by molar-refractivity contribution is 0.101. The topological polar surface area (TPSA) is 44.4 Å². The van der Waals surface area contributed by atoms with Crippen LogP contribution in [0.15, 0.2) is 42.5 Å². The van der Waals surface area contributed by atoms with Gasteiger partial charge in [0, 0.05) is 24.5 Å². The molecule has 0 aromatic heterocycles. The molecule has 25 heavy (non-hydrogen) atoms. The van der Waals surface area contributed by atoms with Crippen LogP contribution < -0.4 is 15.5 Å². The molecule has 1 heterocycles. The van der Waals surface area contributed by atoms with Crippen LogP contribution in [-0.2, 0) is 0 Å². The molecule has 0 radical (unpaired) electrons. The third kappa shape index (κ3) is 3.96. The van der Waals surface area contributed by atoms with Gasteiger partial charge in [-0.25, -0.2) is 8.78 Å². The molecule has 1 fully saturated rings. The van der Waals surface area contributed by atoms with E-state index in [1.165, 1.54) is 6.07 Å². The second kappa shape index (κ2) is 7.61. The second-order valence-electron chi connectivity index (χ2n) is 6.19. The fourth-order valence-corrected chi connectivity index (χ4v) is 3.12. The fourth-order valence-electron chi connectivity index (χ4n) is 3.12. The van der Waals surface area contributed by atoms with Gasteiger partial charge in [0.1, 0.15) is 17.2 Å². The molecule has 0 atom stereocenters. The predicted octanol–water partition coefficient (Wildman–Crippen LogP) is 3.41. The Morgan fingerprint density at radius 2 is 1.76 bits per heavy atom. The highest BCUT2D eigenvalue weighted by atomic mass is 19.1. The number of hydrogen-bond acceptors (Lipinski definition) is 3. The molecule has 0 aliphatic carbocycles. The summed E-state index contributed by atoms with van der Waals surface area (Å²) in [5.41, 5.74) is 0.893. The van der Waals surface area contributed by atoms with Crippen LogP contribution in [0, 0.1) is 11.6 Å². The number of nitrogens with one attached hydrogen (secondary N) is 2. The summed E-state index contributed by atoms with van der Waals surface area (Å²) in [7, 11) is 2.02. The Morgan fingerprint density at radius 3 is 2.44 bits per heavy atom. The van der Waals surface area contributed by atoms with Crippen molar-refractivity contribution in [2.45, 2.75) is 18.9 Å². The first-order valence-corrected chi connectivity index (χ1v) is 8.35. The number of carbonyl (C=O) groups is 1. The molecule has 0 unspecified atom stereocenters. The summed E-state index contributed by atoms with van der Waals surface area (Å²) in [5, 5.41) is 5.91. The van der Waals surface area contributed by atoms with E-state index in [0.29, 0.717) is 11.7 Å². The van der Waals surface area contributed by atoms with Gasteiger partial charge in [-0.3, -0.25) is 4.79 Å². The molecule has 1 aliphatic rings. The summed E-state index contributed by atoms with van der Waals surface area (Å²) in [4.78, 5) is 14.4. The Labute approximate surface area is 145 Å². The van der Waals surface area contributed by atoms with Crippen LogP contribution in [0.2, 0.25) is 0 Å². The monoisotopic (exact) mass is 345 g/mol. The molecule has 1 amide bonds. The van der Waals surface area contributed by atoms with Crippen molar-refractivity contribution in [1.29, 1.82) is 0 Å². The summed E-state index contributed by atoms with van der Waals surface area (Å²) >= 11 is 0. The fraction of sp³-hybridized carbons (Fsp3) is 0.316. The van der Waals surface area contributed by atoms with Crippen molar-refractivity contribution in [2.75, 3.05) is 30.4 Å². The maximum Gasteiger partial charge on any atom is 0.261 e. The molecule has 4 nitrogen and oxygen atoms in total. The maximum atomic E-state index is 13.7. The molecular formula is C19H21F2N3O. The lowest BCUT2D eigenvalue weighted by atomic mass is 10.0. The molecule has 1 saturated heterocycles. The summed E-state index contributed by atoms with van der Waals surface area (Å²) in [6.07, 6.45) is 2.10. The molecule has 3 rings (SSSR count). The number of rotatable bonds is 4. The van der Waals surface area contributed by atoms with Crippen molar-refractivity contribution in [2.24, 2.45) is 0 Å². The Morgan fingerprint density at radius 1 is 1.12 bits per heavy atom. The molecule has 0 saturated carbocycles. The number of amides is 1. The van der Waals surface area contributed by atoms with Gasteiger partial charge in [0.05, 0.1) is 0 Å². The minimum atomic E-state index is -0.875. The van der Waals surface area contributed by atoms with E-state index in [-0.39, 0.29) is 0 Å². The van der Waals surface area contributed by atoms with Gasteiger partial charge in [0.25, 0.3) is 5.91 Å². The Balaban J connectivity index is 1.76. The average molecular weight is 345 g/mol. The number of hydrogen-bond donors (Lipinski definition) is 2. The van der Waals surface area contributed by atoms with Crippen LogP contribution in [-0.4, -0.2) is 32.1 Å². The van der Waals surface area contributed by atoms with Crippen LogP contribution in [0.25, 0.3) is 0 Å². The Kier molecular flexibility index (Phi) is 5.28. The number of carbonyl (C=O) groups excluding carboxylic acids is 1. The average Bonchev–Trinajstić information content (AvgIpc) is 2.62. The molecule has 2 aromatic rings. The van der Waals surface area contributed by atoms with E-state index in [4.69, 9.17) is 0 Å². The van der Waals surface area contributed by atoms with Crippen LogP contribution in [0.1, 0.15) is 23.2 Å². The molecule has 0 spiro atoms. The van der Waals surface area contributed by atoms with Gasteiger partial charge in [-0.05, 0) is 56.3 Å². The van der Waals surface area contributed by atoms with Gasteiger partial charge in [0.2, 0.25) is 0 Å². The number of halogens is 2. The molecule has 2 N–H and O–H groups in total. The zero-order valence-corrected chi connectivity index (χ0v) is 14.1. The van der Waals surface area contributed by atoms with Crippen LogP contribution in [0.4, 0.5) is 20.2 Å². The van der Waals surface area contributed by atoms with E-state index < -0.39 is 23.1 Å². The van der Waals surface area contributed by atoms with Crippen molar-refractivity contribution in [3.05, 3.63) is 59.7 Å². The van der Waals surface area contributed by atoms with Gasteiger partial charge in [0.15, 0.2) is 0 Å². The van der Waals surface area contributed by atoms with Gasteiger partial charge in [-0.15, -0.1) is 0 Å². The normalized spacial score (nSPS) is 15.0. The van der Waals surface area contributed by atoms with Gasteiger partial charge in [-0.2, -0.15) is 0 Å². The van der Waals surface area contributed by atoms with Crippen molar-refractivity contribution in [3.8, 4) is 0 Å². The standard InChI is InChI=1S/C19H21F2N3O/c1-24(14-8-10-22-11-9-14)15-5-2-4-13(12-15)23-19(25)18-16(20)6-3-7-17(18)21/h2-7,12,14,22H,8-11H2,1H3,(H,23,25). The molecule has 0 bridgehead atoms. The number of benzene rings is 2. The SMILES string of the molecule is CN(c1cccc(NC(=O)c2c(F)cccc2F)c1)C1CCNCC1. The van der Waals surface area contributed by atoms with E-state index in [9.17, 15) is 13.6 Å². The minimum absolute atomic E-state index is 0.427. The smallest absolute Gasteiger partial charge is 0.261 e. The zero-order valence-electron chi connectivity index (χ0n) is 14.1. The molecule has 6 heteroatoms. The van der Waals surface area contributed by atoms with E-state index >= 15 is 0 Å². The highest BCUT2D eigenvalue weighted by Crippen LogP contribution is 2.24. The van der Waals surface area contributed by atoms with Crippen molar-refractivity contribution < 1.29 is 13.6 Å². The van der Waals surface area contributed by atoms with E-state index in [1.54, 1.807) is 6.07 Å². The number of nitrogens with zero attached hydrogens (tertiary/aromatic N) is 1. The Hall–Kier alpha value is -2.47. The van der Waals surface area contributed by atoms with Gasteiger partial charge >= 0.3 is 0 Å². The first kappa shape index (κ1) is 17.4. The molecule has 2 aromatic carbocycles. The van der Waals surface area contributed by atoms with Crippen molar-refractivity contribution in [1.82, 2.24) is 5.32 Å². The first-order chi connectivity index (χ1) is 12.1. The van der Waals surface area contributed by atoms with Crippen LogP contribution in [0.5, 0.6) is 0 Å². The van der Waals surface area contributed by atoms with Crippen molar-refractivity contribution in [3.63, 3.8) is 0 Å². The van der Waals surface area contributed by atoms with E-state index in [2.05, 4.69) is 15.5 Å². The highest BCUT2D eigenvalue weighted by molar-refractivity contribution is 6.04. The zero-order chi connectivity index (χ0) is 17.8. The molecular weight excluding hydrogens is 324 g/mol. The largest absolute Gasteiger partial charge is 0.371 e. The van der Waals surface area contributed by atoms with Crippen LogP contribution >= 0.6 is 0 Å². The first-order valence-electron chi connectivity index (χ1n) is 8.35. The summed E-state index contributed by atoms with van der Waals surface area (Å²) in [5.74, 6) is -2.54. The van der Waals surface area contributed by atoms with E-state index in [0.717, 1.165) is 43.8 Å². The van der Waals surface area contributed by atoms with Crippen LogP contribution in [0.3, 0.4) is 0 Å². The summed E-state index contributed by atoms with van der Waals surface area (Å²) in [6.45, 7) is 1.97. The van der Waals surface area contributed by atoms with Gasteiger partial charge in [-0.1, -0.05) is 12.1 Å². The molecule has 1 aliphatic heterocycles. The van der Waals surface area contributed by atoms with E-state index in [1.807, 2.05) is 25.2 Å². The maximum absolute atomic E-state index is 13.7. The summed E-state index contributed by atoms with van der Waals surface area (Å²) < 4.78 is 27.5. The lowest BCUT2D eigenvalue weighted by Crippen LogP contribution is -2.41. The third-order valence-corrected chi connectivity index (χ3v) is 4.56. The molecule has 132 valence electrons. The predicted molar refractivity (Wildman–Crippen MR) is 95.0 cm³/mol. The minimum Gasteiger partial charge on any atom is -0.371 e. The third-order valence-electron chi connectivity index (χ3n) is 4.56. The Bertz CT molecular complexity index is 740. The number of piperidine rings is 1. The lowest BCUT2D eigenvalue weighted by Gasteiger charge is -2.33. The van der Waals surface area contributed by atoms with Gasteiger partial charge < -0.3 is 15.5 Å². The summed E-state index contributed by atoms with van der Waals surface area (Å²) in [6, 6.07) is 11.1. The van der Waals surface area contributed by atoms with Crippen molar-refractivity contribution >= 4 is 17.3 Å².